The maximum Gasteiger partial charge on any atom is 0.315 e. The van der Waals surface area contributed by atoms with Gasteiger partial charge in [0, 0.05) is 19.6 Å². The van der Waals surface area contributed by atoms with Crippen LogP contribution in [0.1, 0.15) is 24.0 Å². The Hall–Kier alpha value is -2.10. The zero-order valence-corrected chi connectivity index (χ0v) is 12.6. The number of urea groups is 1. The number of nitriles is 1. The standard InChI is InChI=1S/C16H22N4O2/c17-9-13-3-5-14(6-4-13)10-18-16(22)19-11-15(21)12-20-7-1-2-8-20/h3-6,15,21H,1-2,7-8,10-12H2,(H2,18,19,22)/t15-/m1/s1. The molecule has 0 aromatic heterocycles. The fourth-order valence-electron chi connectivity index (χ4n) is 2.48. The Morgan fingerprint density at radius 1 is 1.27 bits per heavy atom. The normalized spacial score (nSPS) is 16.0. The second kappa shape index (κ2) is 8.37. The molecule has 1 saturated heterocycles. The van der Waals surface area contributed by atoms with Crippen molar-refractivity contribution in [2.75, 3.05) is 26.2 Å². The Kier molecular flexibility index (Phi) is 6.19. The van der Waals surface area contributed by atoms with Crippen molar-refractivity contribution in [3.63, 3.8) is 0 Å². The highest BCUT2D eigenvalue weighted by Gasteiger charge is 2.16. The highest BCUT2D eigenvalue weighted by Crippen LogP contribution is 2.07. The predicted molar refractivity (Wildman–Crippen MR) is 83.1 cm³/mol. The smallest absolute Gasteiger partial charge is 0.315 e. The van der Waals surface area contributed by atoms with Gasteiger partial charge in [-0.2, -0.15) is 5.26 Å². The molecule has 6 heteroatoms. The fourth-order valence-corrected chi connectivity index (χ4v) is 2.48. The summed E-state index contributed by atoms with van der Waals surface area (Å²) < 4.78 is 0. The zero-order valence-electron chi connectivity index (χ0n) is 12.6. The van der Waals surface area contributed by atoms with Gasteiger partial charge in [-0.05, 0) is 43.6 Å². The monoisotopic (exact) mass is 302 g/mol. The molecule has 0 aliphatic carbocycles. The van der Waals surface area contributed by atoms with E-state index in [1.165, 1.54) is 12.8 Å². The molecule has 0 radical (unpaired) electrons. The minimum absolute atomic E-state index is 0.246. The van der Waals surface area contributed by atoms with Crippen molar-refractivity contribution in [2.24, 2.45) is 0 Å². The summed E-state index contributed by atoms with van der Waals surface area (Å²) in [6, 6.07) is 8.80. The van der Waals surface area contributed by atoms with E-state index >= 15 is 0 Å². The zero-order chi connectivity index (χ0) is 15.8. The molecule has 0 saturated carbocycles. The molecular weight excluding hydrogens is 280 g/mol. The van der Waals surface area contributed by atoms with Crippen molar-refractivity contribution < 1.29 is 9.90 Å². The van der Waals surface area contributed by atoms with Gasteiger partial charge in [-0.25, -0.2) is 4.79 Å². The number of hydrogen-bond acceptors (Lipinski definition) is 4. The van der Waals surface area contributed by atoms with E-state index in [9.17, 15) is 9.90 Å². The summed E-state index contributed by atoms with van der Waals surface area (Å²) in [5, 5.41) is 24.0. The van der Waals surface area contributed by atoms with E-state index in [4.69, 9.17) is 5.26 Å². The lowest BCUT2D eigenvalue weighted by Gasteiger charge is -2.19. The fraction of sp³-hybridized carbons (Fsp3) is 0.500. The number of carbonyl (C=O) groups excluding carboxylic acids is 1. The lowest BCUT2D eigenvalue weighted by Crippen LogP contribution is -2.43. The number of nitrogens with one attached hydrogen (secondary N) is 2. The molecule has 3 N–H and O–H groups in total. The second-order valence-corrected chi connectivity index (χ2v) is 5.53. The highest BCUT2D eigenvalue weighted by molar-refractivity contribution is 5.73. The topological polar surface area (TPSA) is 88.4 Å². The Morgan fingerprint density at radius 3 is 2.59 bits per heavy atom. The van der Waals surface area contributed by atoms with Crippen LogP contribution in [0.5, 0.6) is 0 Å². The average molecular weight is 302 g/mol. The Labute approximate surface area is 130 Å². The molecule has 22 heavy (non-hydrogen) atoms. The first kappa shape index (κ1) is 16.3. The molecule has 1 heterocycles. The number of hydrogen-bond donors (Lipinski definition) is 3. The van der Waals surface area contributed by atoms with Gasteiger partial charge in [0.1, 0.15) is 0 Å². The molecule has 0 unspecified atom stereocenters. The number of carbonyl (C=O) groups is 1. The van der Waals surface area contributed by atoms with Crippen LogP contribution in [0.15, 0.2) is 24.3 Å². The van der Waals surface area contributed by atoms with E-state index in [0.29, 0.717) is 18.7 Å². The number of aliphatic hydroxyl groups is 1. The SMILES string of the molecule is N#Cc1ccc(CNC(=O)NC[C@@H](O)CN2CCCC2)cc1. The molecule has 1 fully saturated rings. The molecule has 6 nitrogen and oxygen atoms in total. The molecule has 1 aromatic carbocycles. The van der Waals surface area contributed by atoms with Crippen molar-refractivity contribution in [2.45, 2.75) is 25.5 Å². The minimum atomic E-state index is -0.543. The third-order valence-corrected chi connectivity index (χ3v) is 3.70. The number of β-amino-alcohol motifs (C(OH)–C–C–N with tert-alkyl or cyclic N) is 1. The Balaban J connectivity index is 1.63. The molecule has 1 aliphatic rings. The quantitative estimate of drug-likeness (QED) is 0.726. The van der Waals surface area contributed by atoms with Crippen LogP contribution in [0.3, 0.4) is 0 Å². The van der Waals surface area contributed by atoms with Gasteiger partial charge in [0.05, 0.1) is 17.7 Å². The van der Waals surface area contributed by atoms with Crippen molar-refractivity contribution in [3.8, 4) is 6.07 Å². The largest absolute Gasteiger partial charge is 0.390 e. The molecule has 2 rings (SSSR count). The summed E-state index contributed by atoms with van der Waals surface area (Å²) in [6.45, 7) is 3.30. The number of nitrogens with zero attached hydrogens (tertiary/aromatic N) is 2. The number of rotatable bonds is 6. The first-order chi connectivity index (χ1) is 10.7. The van der Waals surface area contributed by atoms with Gasteiger partial charge in [0.25, 0.3) is 0 Å². The summed E-state index contributed by atoms with van der Waals surface area (Å²) in [5.74, 6) is 0. The van der Waals surface area contributed by atoms with Crippen molar-refractivity contribution in [3.05, 3.63) is 35.4 Å². The van der Waals surface area contributed by atoms with E-state index in [2.05, 4.69) is 15.5 Å². The van der Waals surface area contributed by atoms with Gasteiger partial charge in [0.15, 0.2) is 0 Å². The maximum atomic E-state index is 11.7. The van der Waals surface area contributed by atoms with E-state index in [0.717, 1.165) is 18.7 Å². The molecular formula is C16H22N4O2. The third-order valence-electron chi connectivity index (χ3n) is 3.70. The van der Waals surface area contributed by atoms with Crippen LogP contribution in [0.4, 0.5) is 4.79 Å². The van der Waals surface area contributed by atoms with E-state index in [-0.39, 0.29) is 12.6 Å². The van der Waals surface area contributed by atoms with Crippen LogP contribution in [-0.2, 0) is 6.54 Å². The predicted octanol–water partition coefficient (Wildman–Crippen LogP) is 0.814. The summed E-state index contributed by atoms with van der Waals surface area (Å²) >= 11 is 0. The van der Waals surface area contributed by atoms with Crippen LogP contribution in [0, 0.1) is 11.3 Å². The van der Waals surface area contributed by atoms with Crippen LogP contribution in [0.25, 0.3) is 0 Å². The molecule has 0 spiro atoms. The summed E-state index contributed by atoms with van der Waals surface area (Å²) in [6.07, 6.45) is 1.83. The molecule has 2 amide bonds. The number of likely N-dealkylation sites (tertiary alicyclic amines) is 1. The number of aliphatic hydroxyl groups excluding tert-OH is 1. The molecule has 1 aromatic rings. The van der Waals surface area contributed by atoms with E-state index in [1.54, 1.807) is 24.3 Å². The van der Waals surface area contributed by atoms with Crippen LogP contribution >= 0.6 is 0 Å². The summed E-state index contributed by atoms with van der Waals surface area (Å²) in [5.41, 5.74) is 1.52. The van der Waals surface area contributed by atoms with E-state index < -0.39 is 6.10 Å². The molecule has 1 atom stereocenters. The number of amides is 2. The van der Waals surface area contributed by atoms with Gasteiger partial charge in [-0.15, -0.1) is 0 Å². The average Bonchev–Trinajstić information content (AvgIpc) is 3.04. The second-order valence-electron chi connectivity index (χ2n) is 5.53. The highest BCUT2D eigenvalue weighted by atomic mass is 16.3. The Bertz CT molecular complexity index is 518. The summed E-state index contributed by atoms with van der Waals surface area (Å²) in [4.78, 5) is 13.9. The van der Waals surface area contributed by atoms with Gasteiger partial charge < -0.3 is 20.6 Å². The van der Waals surface area contributed by atoms with Crippen LogP contribution in [-0.4, -0.2) is 48.3 Å². The molecule has 0 bridgehead atoms. The summed E-state index contributed by atoms with van der Waals surface area (Å²) in [7, 11) is 0. The molecule has 118 valence electrons. The third kappa shape index (κ3) is 5.35. The van der Waals surface area contributed by atoms with Crippen molar-refractivity contribution in [1.29, 1.82) is 5.26 Å². The lowest BCUT2D eigenvalue weighted by atomic mass is 10.1. The minimum Gasteiger partial charge on any atom is -0.390 e. The number of benzene rings is 1. The van der Waals surface area contributed by atoms with Crippen LogP contribution < -0.4 is 10.6 Å². The van der Waals surface area contributed by atoms with Gasteiger partial charge in [-0.1, -0.05) is 12.1 Å². The first-order valence-electron chi connectivity index (χ1n) is 7.58. The van der Waals surface area contributed by atoms with Crippen molar-refractivity contribution >= 4 is 6.03 Å². The van der Waals surface area contributed by atoms with Crippen molar-refractivity contribution in [1.82, 2.24) is 15.5 Å². The lowest BCUT2D eigenvalue weighted by molar-refractivity contribution is 0.124. The maximum absolute atomic E-state index is 11.7. The van der Waals surface area contributed by atoms with Gasteiger partial charge in [0.2, 0.25) is 0 Å². The molecule has 1 aliphatic heterocycles. The Morgan fingerprint density at radius 2 is 1.95 bits per heavy atom. The first-order valence-corrected chi connectivity index (χ1v) is 7.58. The van der Waals surface area contributed by atoms with Crippen LogP contribution in [0.2, 0.25) is 0 Å². The van der Waals surface area contributed by atoms with E-state index in [1.807, 2.05) is 6.07 Å². The van der Waals surface area contributed by atoms with Gasteiger partial charge in [-0.3, -0.25) is 0 Å². The van der Waals surface area contributed by atoms with Gasteiger partial charge >= 0.3 is 6.03 Å².